The van der Waals surface area contributed by atoms with Crippen molar-refractivity contribution in [3.63, 3.8) is 0 Å². The lowest BCUT2D eigenvalue weighted by Crippen LogP contribution is -2.43. The summed E-state index contributed by atoms with van der Waals surface area (Å²) in [6.45, 7) is -1.57. The first-order valence-corrected chi connectivity index (χ1v) is 9.55. The van der Waals surface area contributed by atoms with Gasteiger partial charge in [0.25, 0.3) is 11.8 Å². The van der Waals surface area contributed by atoms with E-state index >= 15 is 0 Å². The Bertz CT molecular complexity index is 892. The normalized spacial score (nSPS) is 15.3. The van der Waals surface area contributed by atoms with E-state index in [1.807, 2.05) is 24.3 Å². The van der Waals surface area contributed by atoms with Crippen molar-refractivity contribution < 1.29 is 27.6 Å². The lowest BCUT2D eigenvalue weighted by molar-refractivity contribution is -0.122. The molecule has 0 radical (unpaired) electrons. The molecule has 0 aliphatic carbocycles. The maximum Gasteiger partial charge on any atom is 0.405 e. The molecular formula is C16H13F3N4O3S2. The van der Waals surface area contributed by atoms with Crippen LogP contribution in [0.15, 0.2) is 40.6 Å². The third-order valence-corrected chi connectivity index (χ3v) is 5.49. The SMILES string of the molecule is O=C(NCC(F)(F)F)NC(=O)c1ccsc1NC(=O)C1Nc2ccccc2S1. The summed E-state index contributed by atoms with van der Waals surface area (Å²) < 4.78 is 36.3. The van der Waals surface area contributed by atoms with E-state index in [1.54, 1.807) is 5.32 Å². The van der Waals surface area contributed by atoms with Gasteiger partial charge in [0.1, 0.15) is 11.5 Å². The number of benzene rings is 1. The van der Waals surface area contributed by atoms with Gasteiger partial charge in [-0.1, -0.05) is 23.9 Å². The van der Waals surface area contributed by atoms with Gasteiger partial charge in [0, 0.05) is 10.6 Å². The van der Waals surface area contributed by atoms with Gasteiger partial charge in [-0.25, -0.2) is 4.79 Å². The van der Waals surface area contributed by atoms with Gasteiger partial charge in [-0.15, -0.1) is 11.3 Å². The van der Waals surface area contributed by atoms with E-state index in [-0.39, 0.29) is 10.6 Å². The molecule has 28 heavy (non-hydrogen) atoms. The summed E-state index contributed by atoms with van der Waals surface area (Å²) in [5.41, 5.74) is 0.791. The lowest BCUT2D eigenvalue weighted by Gasteiger charge is -2.12. The number of amides is 4. The molecule has 3 rings (SSSR count). The Balaban J connectivity index is 1.58. The lowest BCUT2D eigenvalue weighted by atomic mass is 10.3. The molecule has 2 aromatic rings. The molecule has 1 atom stereocenters. The number of urea groups is 1. The van der Waals surface area contributed by atoms with Gasteiger partial charge in [0.2, 0.25) is 0 Å². The minimum Gasteiger partial charge on any atom is -0.364 e. The highest BCUT2D eigenvalue weighted by atomic mass is 32.2. The van der Waals surface area contributed by atoms with Crippen LogP contribution in [0.4, 0.5) is 28.7 Å². The Kier molecular flexibility index (Phi) is 5.79. The number of halogens is 3. The number of hydrogen-bond acceptors (Lipinski definition) is 6. The van der Waals surface area contributed by atoms with Crippen molar-refractivity contribution in [3.8, 4) is 0 Å². The standard InChI is InChI=1S/C16H13F3N4O3S2/c17-16(18,19)7-20-15(26)23-11(24)8-5-6-27-13(8)22-12(25)14-21-9-3-1-2-4-10(9)28-14/h1-6,14,21H,7H2,(H,22,25)(H2,20,23,24,26). The van der Waals surface area contributed by atoms with Crippen molar-refractivity contribution in [2.45, 2.75) is 16.4 Å². The Morgan fingerprint density at radius 3 is 2.61 bits per heavy atom. The van der Waals surface area contributed by atoms with Crippen LogP contribution in [0.5, 0.6) is 0 Å². The molecule has 1 aromatic heterocycles. The summed E-state index contributed by atoms with van der Waals surface area (Å²) >= 11 is 2.36. The Labute approximate surface area is 165 Å². The molecule has 0 saturated heterocycles. The second kappa shape index (κ2) is 8.10. The Hall–Kier alpha value is -2.73. The maximum atomic E-state index is 12.5. The second-order valence-electron chi connectivity index (χ2n) is 5.54. The Morgan fingerprint density at radius 1 is 1.14 bits per heavy atom. The van der Waals surface area contributed by atoms with Gasteiger partial charge in [-0.2, -0.15) is 13.2 Å². The molecular weight excluding hydrogens is 417 g/mol. The fourth-order valence-electron chi connectivity index (χ4n) is 2.26. The largest absolute Gasteiger partial charge is 0.405 e. The van der Waals surface area contributed by atoms with Crippen molar-refractivity contribution in [2.24, 2.45) is 0 Å². The summed E-state index contributed by atoms with van der Waals surface area (Å²) in [5, 5.41) is 10.1. The van der Waals surface area contributed by atoms with Gasteiger partial charge >= 0.3 is 12.2 Å². The van der Waals surface area contributed by atoms with Gasteiger partial charge in [-0.3, -0.25) is 14.9 Å². The molecule has 1 unspecified atom stereocenters. The Morgan fingerprint density at radius 2 is 1.89 bits per heavy atom. The maximum absolute atomic E-state index is 12.5. The minimum atomic E-state index is -4.59. The number of thiophene rings is 1. The van der Waals surface area contributed by atoms with Crippen LogP contribution in [0.1, 0.15) is 10.4 Å². The molecule has 0 saturated carbocycles. The highest BCUT2D eigenvalue weighted by molar-refractivity contribution is 8.01. The van der Waals surface area contributed by atoms with Crippen LogP contribution in [0, 0.1) is 0 Å². The summed E-state index contributed by atoms with van der Waals surface area (Å²) in [7, 11) is 0. The van der Waals surface area contributed by atoms with E-state index in [4.69, 9.17) is 0 Å². The van der Waals surface area contributed by atoms with Crippen LogP contribution in [0.3, 0.4) is 0 Å². The number of carbonyl (C=O) groups is 3. The molecule has 4 amide bonds. The smallest absolute Gasteiger partial charge is 0.364 e. The van der Waals surface area contributed by atoms with E-state index in [1.165, 1.54) is 28.5 Å². The quantitative estimate of drug-likeness (QED) is 0.597. The highest BCUT2D eigenvalue weighted by Gasteiger charge is 2.30. The molecule has 148 valence electrons. The van der Waals surface area contributed by atoms with Crippen LogP contribution in [0.2, 0.25) is 0 Å². The average Bonchev–Trinajstić information content (AvgIpc) is 3.25. The molecule has 1 aliphatic rings. The molecule has 1 aromatic carbocycles. The van der Waals surface area contributed by atoms with E-state index in [2.05, 4.69) is 10.6 Å². The monoisotopic (exact) mass is 430 g/mol. The van der Waals surface area contributed by atoms with E-state index in [9.17, 15) is 27.6 Å². The van der Waals surface area contributed by atoms with Crippen LogP contribution in [-0.2, 0) is 4.79 Å². The molecule has 7 nitrogen and oxygen atoms in total. The van der Waals surface area contributed by atoms with Gasteiger partial charge in [0.15, 0.2) is 5.37 Å². The van der Waals surface area contributed by atoms with Crippen LogP contribution in [0.25, 0.3) is 0 Å². The first kappa shape index (κ1) is 20.0. The number of nitrogens with one attached hydrogen (secondary N) is 4. The van der Waals surface area contributed by atoms with E-state index < -0.39 is 35.9 Å². The number of rotatable bonds is 4. The number of hydrogen-bond donors (Lipinski definition) is 4. The zero-order chi connectivity index (χ0) is 20.3. The molecule has 4 N–H and O–H groups in total. The van der Waals surface area contributed by atoms with Crippen LogP contribution >= 0.6 is 23.1 Å². The van der Waals surface area contributed by atoms with Crippen molar-refractivity contribution in [3.05, 3.63) is 41.3 Å². The zero-order valence-corrected chi connectivity index (χ0v) is 15.6. The summed E-state index contributed by atoms with van der Waals surface area (Å²) in [6.07, 6.45) is -4.59. The molecule has 0 fully saturated rings. The van der Waals surface area contributed by atoms with E-state index in [0.717, 1.165) is 21.9 Å². The predicted octanol–water partition coefficient (Wildman–Crippen LogP) is 3.23. The molecule has 12 heteroatoms. The number of imide groups is 1. The fraction of sp³-hybridized carbons (Fsp3) is 0.188. The molecule has 0 spiro atoms. The topological polar surface area (TPSA) is 99.3 Å². The van der Waals surface area contributed by atoms with Crippen LogP contribution in [-0.4, -0.2) is 35.9 Å². The third-order valence-electron chi connectivity index (χ3n) is 3.48. The molecule has 0 bridgehead atoms. The van der Waals surface area contributed by atoms with Crippen molar-refractivity contribution >= 4 is 51.6 Å². The predicted molar refractivity (Wildman–Crippen MR) is 99.6 cm³/mol. The summed E-state index contributed by atoms with van der Waals surface area (Å²) in [4.78, 5) is 36.9. The van der Waals surface area contributed by atoms with Gasteiger partial charge < -0.3 is 16.0 Å². The number of fused-ring (bicyclic) bond motifs is 1. The summed E-state index contributed by atoms with van der Waals surface area (Å²) in [6, 6.07) is 7.45. The second-order valence-corrected chi connectivity index (χ2v) is 7.61. The number of carbonyl (C=O) groups excluding carboxylic acids is 3. The van der Waals surface area contributed by atoms with Crippen LogP contribution < -0.4 is 21.3 Å². The van der Waals surface area contributed by atoms with Crippen molar-refractivity contribution in [1.29, 1.82) is 0 Å². The number of thioether (sulfide) groups is 1. The number of alkyl halides is 3. The first-order chi connectivity index (χ1) is 13.2. The van der Waals surface area contributed by atoms with Crippen molar-refractivity contribution in [1.82, 2.24) is 10.6 Å². The first-order valence-electron chi connectivity index (χ1n) is 7.79. The van der Waals surface area contributed by atoms with E-state index in [0.29, 0.717) is 0 Å². The fourth-order valence-corrected chi connectivity index (χ4v) is 4.07. The van der Waals surface area contributed by atoms with Crippen molar-refractivity contribution in [2.75, 3.05) is 17.2 Å². The average molecular weight is 430 g/mol. The van der Waals surface area contributed by atoms with Gasteiger partial charge in [-0.05, 0) is 23.6 Å². The van der Waals surface area contributed by atoms with Gasteiger partial charge in [0.05, 0.1) is 5.56 Å². The molecule has 2 heterocycles. The molecule has 1 aliphatic heterocycles. The zero-order valence-electron chi connectivity index (χ0n) is 13.9. The third kappa shape index (κ3) is 4.95. The summed E-state index contributed by atoms with van der Waals surface area (Å²) in [5.74, 6) is -1.33. The minimum absolute atomic E-state index is 0.0268. The highest BCUT2D eigenvalue weighted by Crippen LogP contribution is 2.38. The number of para-hydroxylation sites is 1. The number of anilines is 2.